The maximum Gasteiger partial charge on any atom is 0.335 e. The molecule has 2 heterocycles. The van der Waals surface area contributed by atoms with Crippen molar-refractivity contribution in [3.8, 4) is 16.3 Å². The van der Waals surface area contributed by atoms with E-state index in [1.165, 1.54) is 11.3 Å². The third kappa shape index (κ3) is 7.39. The summed E-state index contributed by atoms with van der Waals surface area (Å²) in [5.41, 5.74) is 3.20. The zero-order valence-electron chi connectivity index (χ0n) is 25.3. The largest absolute Gasteiger partial charge is 0.486 e. The Hall–Kier alpha value is -4.58. The van der Waals surface area contributed by atoms with E-state index in [0.29, 0.717) is 36.4 Å². The molecule has 3 N–H and O–H groups in total. The van der Waals surface area contributed by atoms with Gasteiger partial charge in [0.05, 0.1) is 29.5 Å². The van der Waals surface area contributed by atoms with Gasteiger partial charge in [-0.1, -0.05) is 37.3 Å². The van der Waals surface area contributed by atoms with Gasteiger partial charge in [-0.3, -0.25) is 14.5 Å². The first-order valence-electron chi connectivity index (χ1n) is 14.7. The average Bonchev–Trinajstić information content (AvgIpc) is 3.58. The number of nitrogens with zero attached hydrogens (tertiary/aromatic N) is 3. The van der Waals surface area contributed by atoms with Crippen molar-refractivity contribution in [2.75, 3.05) is 32.1 Å². The first-order chi connectivity index (χ1) is 21.6. The second-order valence-electron chi connectivity index (χ2n) is 11.4. The van der Waals surface area contributed by atoms with Gasteiger partial charge in [-0.25, -0.2) is 9.78 Å². The van der Waals surface area contributed by atoms with E-state index in [4.69, 9.17) is 4.74 Å². The van der Waals surface area contributed by atoms with Gasteiger partial charge >= 0.3 is 5.97 Å². The summed E-state index contributed by atoms with van der Waals surface area (Å²) >= 11 is 1.52. The van der Waals surface area contributed by atoms with Crippen molar-refractivity contribution in [1.82, 2.24) is 14.8 Å². The van der Waals surface area contributed by atoms with Gasteiger partial charge in [-0.15, -0.1) is 11.3 Å². The number of rotatable bonds is 10. The van der Waals surface area contributed by atoms with Crippen molar-refractivity contribution >= 4 is 34.8 Å². The predicted molar refractivity (Wildman–Crippen MR) is 173 cm³/mol. The maximum absolute atomic E-state index is 13.8. The number of ether oxygens (including phenoxy) is 1. The van der Waals surface area contributed by atoms with Crippen LogP contribution in [0.1, 0.15) is 50.5 Å². The number of fused-ring (bicyclic) bond motifs is 1. The number of benzene rings is 3. The number of amides is 2. The summed E-state index contributed by atoms with van der Waals surface area (Å²) in [6.45, 7) is 5.00. The average molecular weight is 629 g/mol. The minimum Gasteiger partial charge on any atom is -0.486 e. The van der Waals surface area contributed by atoms with Crippen LogP contribution < -0.4 is 10.1 Å². The van der Waals surface area contributed by atoms with Gasteiger partial charge in [-0.05, 0) is 55.9 Å². The van der Waals surface area contributed by atoms with Gasteiger partial charge in [0, 0.05) is 48.3 Å². The predicted octanol–water partition coefficient (Wildman–Crippen LogP) is 5.11. The Labute approximate surface area is 265 Å². The Morgan fingerprint density at radius 3 is 2.47 bits per heavy atom. The Kier molecular flexibility index (Phi) is 9.92. The highest BCUT2D eigenvalue weighted by Crippen LogP contribution is 2.35. The van der Waals surface area contributed by atoms with Crippen LogP contribution in [0.5, 0.6) is 5.75 Å². The number of aliphatic hydroxyl groups is 1. The summed E-state index contributed by atoms with van der Waals surface area (Å²) in [6.07, 6.45) is 1.35. The van der Waals surface area contributed by atoms with Gasteiger partial charge in [0.15, 0.2) is 5.75 Å². The van der Waals surface area contributed by atoms with E-state index < -0.39 is 12.0 Å². The summed E-state index contributed by atoms with van der Waals surface area (Å²) < 4.78 is 6.63. The number of likely N-dealkylation sites (N-methyl/N-ethyl adjacent to an activating group) is 1. The van der Waals surface area contributed by atoms with Crippen molar-refractivity contribution in [1.29, 1.82) is 0 Å². The summed E-state index contributed by atoms with van der Waals surface area (Å²) in [5.74, 6) is -1.46. The molecular formula is C34H36N4O6S. The van der Waals surface area contributed by atoms with E-state index in [0.717, 1.165) is 16.1 Å². The molecule has 0 spiro atoms. The lowest BCUT2D eigenvalue weighted by Gasteiger charge is -2.38. The number of nitrogens with one attached hydrogen (secondary N) is 1. The first-order valence-corrected chi connectivity index (χ1v) is 15.6. The summed E-state index contributed by atoms with van der Waals surface area (Å²) in [7, 11) is 1.95. The van der Waals surface area contributed by atoms with Crippen LogP contribution in [0.15, 0.2) is 78.3 Å². The molecule has 45 heavy (non-hydrogen) atoms. The number of para-hydroxylation sites is 1. The Bertz CT molecular complexity index is 1640. The molecule has 0 saturated heterocycles. The van der Waals surface area contributed by atoms with E-state index in [9.17, 15) is 24.6 Å². The lowest BCUT2D eigenvalue weighted by atomic mass is 9.98. The molecule has 4 aromatic rings. The number of aromatic nitrogens is 1. The number of hydrogen-bond donors (Lipinski definition) is 3. The molecule has 0 saturated carbocycles. The van der Waals surface area contributed by atoms with Crippen LogP contribution in [0.3, 0.4) is 0 Å². The number of carbonyl (C=O) groups excluding carboxylic acids is 2. The van der Waals surface area contributed by atoms with Gasteiger partial charge < -0.3 is 25.2 Å². The molecule has 5 rings (SSSR count). The number of hydrogen-bond acceptors (Lipinski definition) is 8. The van der Waals surface area contributed by atoms with Crippen molar-refractivity contribution < 1.29 is 29.3 Å². The number of anilines is 1. The third-order valence-corrected chi connectivity index (χ3v) is 8.73. The molecule has 2 amide bonds. The standard InChI is InChI=1S/C34H36N4O6S/c1-21-17-38(22(2)20-39)33(41)27-5-4-6-28(36-31(40)24-11-13-25(14-12-24)32-35-15-16-45-32)30(27)44-29(21)19-37(3)18-23-7-9-26(10-8-23)34(42)43/h4-16,21-22,29,39H,17-20H2,1-3H3,(H,36,40)(H,42,43)/t21-,22-,29-/m0/s1. The van der Waals surface area contributed by atoms with Crippen LogP contribution in [0.4, 0.5) is 5.69 Å². The normalized spacial score (nSPS) is 17.2. The Morgan fingerprint density at radius 2 is 1.82 bits per heavy atom. The highest BCUT2D eigenvalue weighted by atomic mass is 32.1. The monoisotopic (exact) mass is 628 g/mol. The highest BCUT2D eigenvalue weighted by molar-refractivity contribution is 7.13. The van der Waals surface area contributed by atoms with Crippen LogP contribution in [-0.2, 0) is 6.54 Å². The van der Waals surface area contributed by atoms with Crippen LogP contribution in [0.25, 0.3) is 10.6 Å². The molecule has 1 aliphatic heterocycles. The summed E-state index contributed by atoms with van der Waals surface area (Å²) in [5, 5.41) is 24.9. The van der Waals surface area contributed by atoms with Crippen LogP contribution in [-0.4, -0.2) is 81.7 Å². The van der Waals surface area contributed by atoms with Crippen molar-refractivity contribution in [2.45, 2.75) is 32.5 Å². The van der Waals surface area contributed by atoms with Crippen LogP contribution >= 0.6 is 11.3 Å². The molecule has 3 aromatic carbocycles. The third-order valence-electron chi connectivity index (χ3n) is 7.91. The molecule has 0 bridgehead atoms. The highest BCUT2D eigenvalue weighted by Gasteiger charge is 2.34. The molecule has 0 aliphatic carbocycles. The quantitative estimate of drug-likeness (QED) is 0.221. The van der Waals surface area contributed by atoms with Gasteiger partial charge in [-0.2, -0.15) is 0 Å². The van der Waals surface area contributed by atoms with Gasteiger partial charge in [0.1, 0.15) is 11.1 Å². The fourth-order valence-electron chi connectivity index (χ4n) is 5.32. The molecule has 0 radical (unpaired) electrons. The fourth-order valence-corrected chi connectivity index (χ4v) is 5.97. The molecule has 3 atom stereocenters. The lowest BCUT2D eigenvalue weighted by molar-refractivity contribution is 0.0343. The first kappa shape index (κ1) is 31.8. The number of aromatic carboxylic acids is 1. The molecule has 11 heteroatoms. The van der Waals surface area contributed by atoms with Crippen LogP contribution in [0, 0.1) is 5.92 Å². The number of aliphatic hydroxyl groups excluding tert-OH is 1. The van der Waals surface area contributed by atoms with E-state index in [1.807, 2.05) is 31.5 Å². The topological polar surface area (TPSA) is 132 Å². The van der Waals surface area contributed by atoms with E-state index in [1.54, 1.807) is 72.6 Å². The maximum atomic E-state index is 13.8. The van der Waals surface area contributed by atoms with Crippen molar-refractivity contribution in [2.24, 2.45) is 5.92 Å². The van der Waals surface area contributed by atoms with Crippen LogP contribution in [0.2, 0.25) is 0 Å². The van der Waals surface area contributed by atoms with Gasteiger partial charge in [0.25, 0.3) is 11.8 Å². The zero-order valence-corrected chi connectivity index (χ0v) is 26.2. The number of carbonyl (C=O) groups is 3. The molecular weight excluding hydrogens is 592 g/mol. The molecule has 0 fully saturated rings. The molecule has 234 valence electrons. The zero-order chi connectivity index (χ0) is 32.1. The smallest absolute Gasteiger partial charge is 0.335 e. The molecule has 1 aromatic heterocycles. The van der Waals surface area contributed by atoms with E-state index in [-0.39, 0.29) is 41.8 Å². The second-order valence-corrected chi connectivity index (χ2v) is 12.3. The molecule has 10 nitrogen and oxygen atoms in total. The summed E-state index contributed by atoms with van der Waals surface area (Å²) in [4.78, 5) is 46.5. The summed E-state index contributed by atoms with van der Waals surface area (Å²) in [6, 6.07) is 18.6. The lowest BCUT2D eigenvalue weighted by Crippen LogP contribution is -2.49. The SMILES string of the molecule is C[C@H]1CN([C@@H](C)CO)C(=O)c2cccc(NC(=O)c3ccc(-c4nccs4)cc3)c2O[C@H]1CN(C)Cc1ccc(C(=O)O)cc1. The number of carboxylic acids is 1. The molecule has 1 aliphatic rings. The Morgan fingerprint density at radius 1 is 1.11 bits per heavy atom. The van der Waals surface area contributed by atoms with Crippen molar-refractivity contribution in [3.63, 3.8) is 0 Å². The number of thiazole rings is 1. The van der Waals surface area contributed by atoms with E-state index >= 15 is 0 Å². The van der Waals surface area contributed by atoms with Crippen molar-refractivity contribution in [3.05, 3.63) is 101 Å². The second kappa shape index (κ2) is 14.0. The van der Waals surface area contributed by atoms with E-state index in [2.05, 4.69) is 15.2 Å². The molecule has 0 unspecified atom stereocenters. The fraction of sp³-hybridized carbons (Fsp3) is 0.294. The minimum absolute atomic E-state index is 0.130. The minimum atomic E-state index is -0.975. The number of carboxylic acid groups (broad SMARTS) is 1. The Balaban J connectivity index is 1.41. The van der Waals surface area contributed by atoms with Gasteiger partial charge in [0.2, 0.25) is 0 Å².